The summed E-state index contributed by atoms with van der Waals surface area (Å²) in [5.41, 5.74) is 8.77. The lowest BCUT2D eigenvalue weighted by Gasteiger charge is -2.34. The zero-order chi connectivity index (χ0) is 47.4. The first kappa shape index (κ1) is 49.4. The molecule has 18 heteroatoms. The van der Waals surface area contributed by atoms with Crippen LogP contribution in [-0.2, 0) is 31.4 Å². The van der Waals surface area contributed by atoms with Gasteiger partial charge in [0.15, 0.2) is 11.6 Å². The second-order valence-electron chi connectivity index (χ2n) is 18.7. The maximum absolute atomic E-state index is 13.5. The summed E-state index contributed by atoms with van der Waals surface area (Å²) in [5, 5.41) is 11.2. The molecule has 5 aromatic rings. The van der Waals surface area contributed by atoms with Crippen molar-refractivity contribution < 1.29 is 35.4 Å². The molecule has 0 unspecified atom stereocenters. The number of nitrogens with one attached hydrogen (secondary N) is 1. The van der Waals surface area contributed by atoms with Gasteiger partial charge in [0, 0.05) is 13.1 Å². The van der Waals surface area contributed by atoms with Crippen LogP contribution < -0.4 is 11.1 Å². The largest absolute Gasteiger partial charge is 0.445 e. The van der Waals surface area contributed by atoms with Crippen LogP contribution >= 0.6 is 0 Å². The van der Waals surface area contributed by atoms with Gasteiger partial charge >= 0.3 is 6.09 Å². The van der Waals surface area contributed by atoms with Crippen molar-refractivity contribution in [3.05, 3.63) is 131 Å². The molecule has 16 nitrogen and oxygen atoms in total. The molecule has 4 fully saturated rings. The van der Waals surface area contributed by atoms with Crippen molar-refractivity contribution in [2.24, 2.45) is 17.6 Å². The highest BCUT2D eigenvalue weighted by molar-refractivity contribution is 7.89. The molecule has 2 aromatic heterocycles. The molecule has 4 heterocycles. The number of hydrogen-bond acceptors (Lipinski definition) is 13. The molecule has 2 saturated heterocycles. The van der Waals surface area contributed by atoms with Gasteiger partial charge in [-0.3, -0.25) is 0 Å². The predicted octanol–water partition coefficient (Wildman–Crippen LogP) is 9.08. The first-order valence-corrected chi connectivity index (χ1v) is 27.7. The number of benzene rings is 3. The van der Waals surface area contributed by atoms with E-state index in [1.165, 1.54) is 12.8 Å². The summed E-state index contributed by atoms with van der Waals surface area (Å²) >= 11 is 0. The number of nitrogens with two attached hydrogens (primary N) is 1. The van der Waals surface area contributed by atoms with Crippen LogP contribution in [0.25, 0.3) is 0 Å². The summed E-state index contributed by atoms with van der Waals surface area (Å²) in [6.07, 6.45) is 15.1. The van der Waals surface area contributed by atoms with Gasteiger partial charge in [0.1, 0.15) is 18.7 Å². The van der Waals surface area contributed by atoms with Crippen LogP contribution in [0.5, 0.6) is 0 Å². The maximum atomic E-state index is 13.5. The number of nitrogens with zero attached hydrogens (tertiary/aromatic N) is 6. The van der Waals surface area contributed by atoms with E-state index in [1.54, 1.807) is 8.61 Å². The van der Waals surface area contributed by atoms with Gasteiger partial charge in [-0.05, 0) is 79.9 Å². The van der Waals surface area contributed by atoms with Crippen LogP contribution in [0.15, 0.2) is 100 Å². The number of ether oxygens (including phenoxy) is 1. The number of amides is 1. The number of sulfonamides is 2. The van der Waals surface area contributed by atoms with Crippen molar-refractivity contribution in [1.82, 2.24) is 34.2 Å². The second-order valence-corrected chi connectivity index (χ2v) is 22.7. The number of carbonyl (C=O) groups excluding carboxylic acids is 1. The first-order chi connectivity index (χ1) is 33.0. The van der Waals surface area contributed by atoms with E-state index in [9.17, 15) is 21.6 Å². The van der Waals surface area contributed by atoms with Gasteiger partial charge in [0.05, 0.1) is 23.6 Å². The predicted molar refractivity (Wildman–Crippen MR) is 256 cm³/mol. The van der Waals surface area contributed by atoms with E-state index in [0.717, 1.165) is 93.7 Å². The van der Waals surface area contributed by atoms with E-state index in [-0.39, 0.29) is 41.9 Å². The van der Waals surface area contributed by atoms with E-state index >= 15 is 0 Å². The summed E-state index contributed by atoms with van der Waals surface area (Å²) in [7, 11) is -6.84. The number of rotatable bonds is 15. The standard InChI is InChI=1S/C29H36N4O5S.C21H30N4O3S/c34-29(37-20-22-12-4-1-5-13-22)30-26(24-16-8-3-9-17-24)28-31-27(32-38-28)25-18-10-11-19-33(25)39(35,36)21-23-14-6-2-7-15-23;22-19(17-11-5-2-6-12-17)21-23-20(24-28-21)18-13-7-8-14-25(18)29(26,27)15-16-9-3-1-4-10-16/h1,3-5,8-9,12-13,16-17,23,25-26H,2,6-7,10-11,14-15,18-21H2,(H,30,34);2,5-6,11-12,16,18-19H,1,3-4,7-10,13-15,22H2/t25-,26+;18-,19+/m00/s1. The molecule has 0 radical (unpaired) electrons. The Balaban J connectivity index is 0.000000192. The molecule has 4 aliphatic rings. The lowest BCUT2D eigenvalue weighted by atomic mass is 9.91. The lowest BCUT2D eigenvalue weighted by Crippen LogP contribution is -2.41. The highest BCUT2D eigenvalue weighted by Crippen LogP contribution is 2.37. The number of piperidine rings is 2. The third-order valence-corrected chi connectivity index (χ3v) is 17.8. The molecular weight excluding hydrogens is 905 g/mol. The number of aromatic nitrogens is 4. The normalized spacial score (nSPS) is 21.2. The van der Waals surface area contributed by atoms with Gasteiger partial charge in [-0.2, -0.15) is 18.6 Å². The van der Waals surface area contributed by atoms with Gasteiger partial charge in [-0.15, -0.1) is 0 Å². The van der Waals surface area contributed by atoms with Crippen molar-refractivity contribution >= 4 is 26.1 Å². The van der Waals surface area contributed by atoms with Crippen LogP contribution in [0.1, 0.15) is 167 Å². The maximum Gasteiger partial charge on any atom is 0.408 e. The van der Waals surface area contributed by atoms with E-state index in [2.05, 4.69) is 25.6 Å². The van der Waals surface area contributed by atoms with Crippen LogP contribution in [0.3, 0.4) is 0 Å². The van der Waals surface area contributed by atoms with Crippen LogP contribution in [0.2, 0.25) is 0 Å². The molecule has 68 heavy (non-hydrogen) atoms. The Labute approximate surface area is 400 Å². The molecule has 2 saturated carbocycles. The molecule has 9 rings (SSSR count). The molecule has 0 spiro atoms. The summed E-state index contributed by atoms with van der Waals surface area (Å²) < 4.78 is 73.2. The van der Waals surface area contributed by atoms with E-state index < -0.39 is 44.3 Å². The topological polar surface area (TPSA) is 217 Å². The Morgan fingerprint density at radius 3 is 1.56 bits per heavy atom. The summed E-state index contributed by atoms with van der Waals surface area (Å²) in [5.74, 6) is 2.15. The average Bonchev–Trinajstić information content (AvgIpc) is 4.08. The van der Waals surface area contributed by atoms with E-state index in [4.69, 9.17) is 19.5 Å². The Morgan fingerprint density at radius 2 is 1.04 bits per heavy atom. The molecular formula is C50H66N8O8S2. The fraction of sp³-hybridized carbons (Fsp3) is 0.540. The lowest BCUT2D eigenvalue weighted by molar-refractivity contribution is 0.135. The first-order valence-electron chi connectivity index (χ1n) is 24.5. The smallest absolute Gasteiger partial charge is 0.408 e. The Hall–Kier alpha value is -5.01. The summed E-state index contributed by atoms with van der Waals surface area (Å²) in [4.78, 5) is 21.9. The zero-order valence-corrected chi connectivity index (χ0v) is 40.4. The van der Waals surface area contributed by atoms with Crippen LogP contribution in [0, 0.1) is 11.8 Å². The molecule has 3 aromatic carbocycles. The minimum atomic E-state index is -3.47. The monoisotopic (exact) mass is 970 g/mol. The number of hydrogen-bond donors (Lipinski definition) is 2. The number of alkyl carbamates (subject to hydrolysis) is 1. The number of carbonyl (C=O) groups is 1. The minimum Gasteiger partial charge on any atom is -0.445 e. The molecule has 0 bridgehead atoms. The third kappa shape index (κ3) is 13.0. The van der Waals surface area contributed by atoms with Crippen molar-refractivity contribution in [3.63, 3.8) is 0 Å². The molecule has 2 aliphatic carbocycles. The van der Waals surface area contributed by atoms with Crippen LogP contribution in [0.4, 0.5) is 4.79 Å². The molecule has 3 N–H and O–H groups in total. The summed E-state index contributed by atoms with van der Waals surface area (Å²) in [6.45, 7) is 1.10. The highest BCUT2D eigenvalue weighted by Gasteiger charge is 2.40. The highest BCUT2D eigenvalue weighted by atomic mass is 32.2. The van der Waals surface area contributed by atoms with Crippen LogP contribution in [-0.4, -0.2) is 76.4 Å². The SMILES string of the molecule is N[C@H](c1ccccc1)c1nc([C@@H]2CCCCN2S(=O)(=O)CC2CCCCC2)no1.O=C(N[C@H](c1ccccc1)c1nc([C@@H]2CCCCN2S(=O)(=O)CC2CCCCC2)no1)OCc1ccccc1. The van der Waals surface area contributed by atoms with Gasteiger partial charge in [-0.1, -0.05) is 153 Å². The summed E-state index contributed by atoms with van der Waals surface area (Å²) in [6, 6.07) is 26.2. The van der Waals surface area contributed by atoms with Gasteiger partial charge in [0.2, 0.25) is 25.9 Å². The van der Waals surface area contributed by atoms with Gasteiger partial charge in [0.25, 0.3) is 5.89 Å². The second kappa shape index (κ2) is 23.5. The van der Waals surface area contributed by atoms with Crippen molar-refractivity contribution in [1.29, 1.82) is 0 Å². The molecule has 366 valence electrons. The van der Waals surface area contributed by atoms with Gasteiger partial charge in [-0.25, -0.2) is 21.6 Å². The van der Waals surface area contributed by atoms with Crippen molar-refractivity contribution in [3.8, 4) is 0 Å². The minimum absolute atomic E-state index is 0.124. The third-order valence-electron chi connectivity index (χ3n) is 13.8. The fourth-order valence-corrected chi connectivity index (χ4v) is 14.3. The molecule has 4 atom stereocenters. The molecule has 2 aliphatic heterocycles. The van der Waals surface area contributed by atoms with Crippen molar-refractivity contribution in [2.75, 3.05) is 24.6 Å². The quantitative estimate of drug-likeness (QED) is 0.100. The zero-order valence-electron chi connectivity index (χ0n) is 38.8. The molecule has 1 amide bonds. The van der Waals surface area contributed by atoms with Gasteiger partial charge < -0.3 is 24.8 Å². The fourth-order valence-electron chi connectivity index (χ4n) is 10.1. The van der Waals surface area contributed by atoms with E-state index in [0.29, 0.717) is 43.5 Å². The van der Waals surface area contributed by atoms with E-state index in [1.807, 2.05) is 91.0 Å². The average molecular weight is 971 g/mol. The Kier molecular flexibility index (Phi) is 17.1. The Morgan fingerprint density at radius 1 is 0.603 bits per heavy atom. The Bertz CT molecular complexity index is 2550. The van der Waals surface area contributed by atoms with Crippen molar-refractivity contribution in [2.45, 2.75) is 134 Å².